The Bertz CT molecular complexity index is 372. The van der Waals surface area contributed by atoms with Gasteiger partial charge < -0.3 is 14.6 Å². The lowest BCUT2D eigenvalue weighted by atomic mass is 10.2. The van der Waals surface area contributed by atoms with Crippen molar-refractivity contribution in [3.8, 4) is 0 Å². The minimum Gasteiger partial charge on any atom is -0.468 e. The summed E-state index contributed by atoms with van der Waals surface area (Å²) in [5.74, 6) is 2.38. The Morgan fingerprint density at radius 2 is 2.50 bits per heavy atom. The topological polar surface area (TPSA) is 45.5 Å². The van der Waals surface area contributed by atoms with Crippen LogP contribution < -0.4 is 5.32 Å². The van der Waals surface area contributed by atoms with Crippen LogP contribution in [0, 0.1) is 0 Å². The standard InChI is InChI=1S/C12H17ClN2O2S/c13-4-5-14-12(16)15-6-3-11(18-9-7-15)10-2-1-8-17-10/h1-2,8,11H,3-7,9H2,(H,14,16). The summed E-state index contributed by atoms with van der Waals surface area (Å²) in [5.41, 5.74) is 0. The largest absolute Gasteiger partial charge is 0.468 e. The first-order chi connectivity index (χ1) is 8.81. The third-order valence-corrected chi connectivity index (χ3v) is 4.34. The monoisotopic (exact) mass is 288 g/mol. The van der Waals surface area contributed by atoms with E-state index in [2.05, 4.69) is 5.32 Å². The molecule has 1 fully saturated rings. The molecular weight excluding hydrogens is 272 g/mol. The van der Waals surface area contributed by atoms with Gasteiger partial charge in [0, 0.05) is 31.3 Å². The molecule has 1 N–H and O–H groups in total. The lowest BCUT2D eigenvalue weighted by Gasteiger charge is -2.20. The molecule has 1 atom stereocenters. The predicted octanol–water partition coefficient (Wildman–Crippen LogP) is 2.71. The van der Waals surface area contributed by atoms with E-state index < -0.39 is 0 Å². The Kier molecular flexibility index (Phi) is 5.26. The number of amides is 2. The second-order valence-electron chi connectivity index (χ2n) is 4.07. The van der Waals surface area contributed by atoms with Gasteiger partial charge in [-0.3, -0.25) is 0 Å². The van der Waals surface area contributed by atoms with Crippen LogP contribution in [-0.2, 0) is 0 Å². The minimum absolute atomic E-state index is 0.0173. The van der Waals surface area contributed by atoms with Gasteiger partial charge in [-0.15, -0.1) is 23.4 Å². The molecule has 2 rings (SSSR count). The van der Waals surface area contributed by atoms with Gasteiger partial charge in [-0.05, 0) is 18.6 Å². The smallest absolute Gasteiger partial charge is 0.317 e. The zero-order chi connectivity index (χ0) is 12.8. The van der Waals surface area contributed by atoms with E-state index in [1.165, 1.54) is 0 Å². The van der Waals surface area contributed by atoms with Crippen LogP contribution in [0.4, 0.5) is 4.79 Å². The zero-order valence-electron chi connectivity index (χ0n) is 10.1. The Morgan fingerprint density at radius 3 is 3.22 bits per heavy atom. The van der Waals surface area contributed by atoms with Gasteiger partial charge in [0.2, 0.25) is 0 Å². The first kappa shape index (κ1) is 13.6. The van der Waals surface area contributed by atoms with Crippen molar-refractivity contribution in [2.75, 3.05) is 31.3 Å². The first-order valence-corrected chi connectivity index (χ1v) is 7.63. The molecule has 6 heteroatoms. The summed E-state index contributed by atoms with van der Waals surface area (Å²) in [6.07, 6.45) is 2.62. The summed E-state index contributed by atoms with van der Waals surface area (Å²) in [6.45, 7) is 2.05. The molecule has 0 spiro atoms. The maximum atomic E-state index is 11.8. The van der Waals surface area contributed by atoms with Gasteiger partial charge in [-0.25, -0.2) is 4.79 Å². The molecule has 18 heavy (non-hydrogen) atoms. The maximum absolute atomic E-state index is 11.8. The molecule has 100 valence electrons. The fourth-order valence-corrected chi connectivity index (χ4v) is 3.22. The molecule has 0 aromatic carbocycles. The predicted molar refractivity (Wildman–Crippen MR) is 74.2 cm³/mol. The molecule has 4 nitrogen and oxygen atoms in total. The van der Waals surface area contributed by atoms with Gasteiger partial charge >= 0.3 is 6.03 Å². The maximum Gasteiger partial charge on any atom is 0.317 e. The number of alkyl halides is 1. The molecule has 1 aliphatic rings. The van der Waals surface area contributed by atoms with Gasteiger partial charge in [0.05, 0.1) is 11.5 Å². The number of carbonyl (C=O) groups is 1. The molecule has 1 saturated heterocycles. The van der Waals surface area contributed by atoms with Crippen molar-refractivity contribution < 1.29 is 9.21 Å². The van der Waals surface area contributed by atoms with Crippen LogP contribution in [0.2, 0.25) is 0 Å². The highest BCUT2D eigenvalue weighted by molar-refractivity contribution is 7.99. The average Bonchev–Trinajstić information content (AvgIpc) is 2.80. The van der Waals surface area contributed by atoms with Gasteiger partial charge in [0.25, 0.3) is 0 Å². The van der Waals surface area contributed by atoms with Crippen molar-refractivity contribution >= 4 is 29.4 Å². The molecular formula is C12H17ClN2O2S. The van der Waals surface area contributed by atoms with Crippen LogP contribution in [-0.4, -0.2) is 42.2 Å². The van der Waals surface area contributed by atoms with Crippen LogP contribution in [0.5, 0.6) is 0 Å². The Morgan fingerprint density at radius 1 is 1.61 bits per heavy atom. The van der Waals surface area contributed by atoms with Crippen LogP contribution in [0.15, 0.2) is 22.8 Å². The van der Waals surface area contributed by atoms with E-state index >= 15 is 0 Å². The number of hydrogen-bond donors (Lipinski definition) is 1. The number of nitrogens with zero attached hydrogens (tertiary/aromatic N) is 1. The van der Waals surface area contributed by atoms with Crippen molar-refractivity contribution in [3.63, 3.8) is 0 Å². The van der Waals surface area contributed by atoms with Crippen molar-refractivity contribution in [2.45, 2.75) is 11.7 Å². The van der Waals surface area contributed by atoms with E-state index in [0.717, 1.165) is 31.0 Å². The number of urea groups is 1. The Labute approximate surface area is 116 Å². The summed E-state index contributed by atoms with van der Waals surface area (Å²) in [6, 6.07) is 3.89. The third-order valence-electron chi connectivity index (χ3n) is 2.86. The third kappa shape index (κ3) is 3.59. The first-order valence-electron chi connectivity index (χ1n) is 6.05. The summed E-state index contributed by atoms with van der Waals surface area (Å²) >= 11 is 7.40. The second-order valence-corrected chi connectivity index (χ2v) is 5.76. The molecule has 1 unspecified atom stereocenters. The summed E-state index contributed by atoms with van der Waals surface area (Å²) in [4.78, 5) is 13.7. The van der Waals surface area contributed by atoms with Crippen LogP contribution in [0.1, 0.15) is 17.4 Å². The summed E-state index contributed by atoms with van der Waals surface area (Å²) < 4.78 is 5.43. The van der Waals surface area contributed by atoms with Crippen LogP contribution >= 0.6 is 23.4 Å². The number of furan rings is 1. The van der Waals surface area contributed by atoms with Crippen molar-refractivity contribution in [3.05, 3.63) is 24.2 Å². The van der Waals surface area contributed by atoms with E-state index in [9.17, 15) is 4.79 Å². The van der Waals surface area contributed by atoms with E-state index in [4.69, 9.17) is 16.0 Å². The molecule has 0 radical (unpaired) electrons. The van der Waals surface area contributed by atoms with Gasteiger partial charge in [-0.2, -0.15) is 0 Å². The molecule has 0 aliphatic carbocycles. The van der Waals surface area contributed by atoms with Crippen LogP contribution in [0.25, 0.3) is 0 Å². The summed E-state index contributed by atoms with van der Waals surface area (Å²) in [5, 5.41) is 3.15. The lowest BCUT2D eigenvalue weighted by Crippen LogP contribution is -2.41. The highest BCUT2D eigenvalue weighted by Crippen LogP contribution is 2.34. The minimum atomic E-state index is -0.0173. The Hall–Kier alpha value is -0.810. The average molecular weight is 289 g/mol. The van der Waals surface area contributed by atoms with E-state index in [-0.39, 0.29) is 6.03 Å². The molecule has 1 aromatic rings. The quantitative estimate of drug-likeness (QED) is 0.870. The van der Waals surface area contributed by atoms with E-state index in [0.29, 0.717) is 17.7 Å². The molecule has 0 saturated carbocycles. The normalized spacial score (nSPS) is 20.5. The Balaban J connectivity index is 1.86. The van der Waals surface area contributed by atoms with Crippen molar-refractivity contribution in [2.24, 2.45) is 0 Å². The number of halogens is 1. The van der Waals surface area contributed by atoms with Crippen molar-refractivity contribution in [1.82, 2.24) is 10.2 Å². The number of nitrogens with one attached hydrogen (secondary N) is 1. The second kappa shape index (κ2) is 6.95. The molecule has 1 aliphatic heterocycles. The molecule has 1 aromatic heterocycles. The molecule has 2 heterocycles. The summed E-state index contributed by atoms with van der Waals surface area (Å²) in [7, 11) is 0. The number of rotatable bonds is 3. The van der Waals surface area contributed by atoms with Crippen molar-refractivity contribution in [1.29, 1.82) is 0 Å². The number of thioether (sulfide) groups is 1. The van der Waals surface area contributed by atoms with E-state index in [1.54, 1.807) is 6.26 Å². The number of carbonyl (C=O) groups excluding carboxylic acids is 1. The van der Waals surface area contributed by atoms with Gasteiger partial charge in [-0.1, -0.05) is 0 Å². The fourth-order valence-electron chi connectivity index (χ4n) is 1.94. The molecule has 2 amide bonds. The molecule has 0 bridgehead atoms. The SMILES string of the molecule is O=C(NCCCl)N1CCSC(c2ccco2)CC1. The zero-order valence-corrected chi connectivity index (χ0v) is 11.7. The van der Waals surface area contributed by atoms with E-state index in [1.807, 2.05) is 28.8 Å². The lowest BCUT2D eigenvalue weighted by molar-refractivity contribution is 0.201. The fraction of sp³-hybridized carbons (Fsp3) is 0.583. The van der Waals surface area contributed by atoms with Crippen LogP contribution in [0.3, 0.4) is 0 Å². The highest BCUT2D eigenvalue weighted by Gasteiger charge is 2.23. The highest BCUT2D eigenvalue weighted by atomic mass is 35.5. The van der Waals surface area contributed by atoms with Gasteiger partial charge in [0.15, 0.2) is 0 Å². The van der Waals surface area contributed by atoms with Gasteiger partial charge in [0.1, 0.15) is 5.76 Å². The number of hydrogen-bond acceptors (Lipinski definition) is 3.